The maximum absolute atomic E-state index is 11.5. The lowest BCUT2D eigenvalue weighted by molar-refractivity contribution is -0.123. The summed E-state index contributed by atoms with van der Waals surface area (Å²) in [6.45, 7) is 7.08. The van der Waals surface area contributed by atoms with E-state index in [4.69, 9.17) is 0 Å². The molecule has 0 aliphatic heterocycles. The maximum Gasteiger partial charge on any atom is 0.221 e. The number of carbonyl (C=O) groups excluding carboxylic acids is 1. The van der Waals surface area contributed by atoms with E-state index in [1.165, 1.54) is 6.42 Å². The minimum Gasteiger partial charge on any atom is -0.351 e. The van der Waals surface area contributed by atoms with Gasteiger partial charge in [0.05, 0.1) is 0 Å². The Morgan fingerprint density at radius 2 is 2.07 bits per heavy atom. The van der Waals surface area contributed by atoms with E-state index in [0.29, 0.717) is 12.5 Å². The molecule has 0 aromatic carbocycles. The van der Waals surface area contributed by atoms with Crippen LogP contribution in [0, 0.1) is 0 Å². The number of amides is 1. The van der Waals surface area contributed by atoms with E-state index < -0.39 is 0 Å². The van der Waals surface area contributed by atoms with Crippen LogP contribution in [0.2, 0.25) is 0 Å². The molecule has 14 heavy (non-hydrogen) atoms. The topological polar surface area (TPSA) is 41.1 Å². The van der Waals surface area contributed by atoms with Gasteiger partial charge in [-0.1, -0.05) is 13.8 Å². The summed E-state index contributed by atoms with van der Waals surface area (Å²) in [5.74, 6) is 0.181. The van der Waals surface area contributed by atoms with E-state index in [0.717, 1.165) is 19.4 Å². The molecular formula is C11H22N2O. The van der Waals surface area contributed by atoms with Crippen LogP contribution in [0.1, 0.15) is 46.5 Å². The van der Waals surface area contributed by atoms with Gasteiger partial charge in [-0.2, -0.15) is 0 Å². The molecule has 0 aromatic heterocycles. The van der Waals surface area contributed by atoms with Gasteiger partial charge in [0.15, 0.2) is 0 Å². The normalized spacial score (nSPS) is 19.1. The largest absolute Gasteiger partial charge is 0.351 e. The Bertz CT molecular complexity index is 197. The summed E-state index contributed by atoms with van der Waals surface area (Å²) in [5, 5.41) is 6.32. The van der Waals surface area contributed by atoms with Crippen LogP contribution in [0.15, 0.2) is 0 Å². The first-order valence-electron chi connectivity index (χ1n) is 5.56. The highest BCUT2D eigenvalue weighted by Crippen LogP contribution is 2.30. The van der Waals surface area contributed by atoms with Crippen LogP contribution < -0.4 is 10.6 Å². The molecule has 0 saturated heterocycles. The van der Waals surface area contributed by atoms with Gasteiger partial charge in [0, 0.05) is 24.5 Å². The first-order chi connectivity index (χ1) is 6.52. The van der Waals surface area contributed by atoms with Gasteiger partial charge in [0.2, 0.25) is 5.91 Å². The molecular weight excluding hydrogens is 176 g/mol. The van der Waals surface area contributed by atoms with Gasteiger partial charge in [0.25, 0.3) is 0 Å². The SMILES string of the molecule is CC(C)NCCC(=O)NC1(C)CCC1. The quantitative estimate of drug-likeness (QED) is 0.701. The zero-order valence-corrected chi connectivity index (χ0v) is 9.52. The lowest BCUT2D eigenvalue weighted by Gasteiger charge is -2.39. The molecule has 1 amide bonds. The third-order valence-electron chi connectivity index (χ3n) is 2.80. The average molecular weight is 198 g/mol. The molecule has 1 fully saturated rings. The minimum atomic E-state index is 0.106. The van der Waals surface area contributed by atoms with Crippen molar-refractivity contribution in [1.29, 1.82) is 0 Å². The summed E-state index contributed by atoms with van der Waals surface area (Å²) in [5.41, 5.74) is 0.106. The van der Waals surface area contributed by atoms with Gasteiger partial charge >= 0.3 is 0 Å². The van der Waals surface area contributed by atoms with E-state index in [9.17, 15) is 4.79 Å². The fourth-order valence-corrected chi connectivity index (χ4v) is 1.71. The summed E-state index contributed by atoms with van der Waals surface area (Å²) in [7, 11) is 0. The Hall–Kier alpha value is -0.570. The highest BCUT2D eigenvalue weighted by atomic mass is 16.1. The molecule has 0 aromatic rings. The summed E-state index contributed by atoms with van der Waals surface area (Å²) < 4.78 is 0. The summed E-state index contributed by atoms with van der Waals surface area (Å²) in [6, 6.07) is 0.460. The summed E-state index contributed by atoms with van der Waals surface area (Å²) in [4.78, 5) is 11.5. The van der Waals surface area contributed by atoms with Crippen molar-refractivity contribution in [3.63, 3.8) is 0 Å². The van der Waals surface area contributed by atoms with Crippen LogP contribution >= 0.6 is 0 Å². The highest BCUT2D eigenvalue weighted by Gasteiger charge is 2.32. The van der Waals surface area contributed by atoms with Crippen molar-refractivity contribution >= 4 is 5.91 Å². The average Bonchev–Trinajstić information content (AvgIpc) is 2.00. The minimum absolute atomic E-state index is 0.106. The Labute approximate surface area is 86.6 Å². The second-order valence-electron chi connectivity index (χ2n) is 4.82. The van der Waals surface area contributed by atoms with E-state index in [2.05, 4.69) is 31.4 Å². The molecule has 0 heterocycles. The molecule has 1 saturated carbocycles. The number of rotatable bonds is 5. The van der Waals surface area contributed by atoms with Crippen molar-refractivity contribution in [2.75, 3.05) is 6.54 Å². The summed E-state index contributed by atoms with van der Waals surface area (Å²) >= 11 is 0. The Morgan fingerprint density at radius 3 is 2.50 bits per heavy atom. The molecule has 2 N–H and O–H groups in total. The summed E-state index contributed by atoms with van der Waals surface area (Å²) in [6.07, 6.45) is 4.11. The second-order valence-corrected chi connectivity index (χ2v) is 4.82. The van der Waals surface area contributed by atoms with Crippen molar-refractivity contribution in [3.05, 3.63) is 0 Å². The van der Waals surface area contributed by atoms with Gasteiger partial charge in [-0.25, -0.2) is 0 Å². The van der Waals surface area contributed by atoms with Crippen molar-refractivity contribution in [1.82, 2.24) is 10.6 Å². The van der Waals surface area contributed by atoms with Crippen molar-refractivity contribution in [2.24, 2.45) is 0 Å². The predicted octanol–water partition coefficient (Wildman–Crippen LogP) is 1.43. The van der Waals surface area contributed by atoms with Gasteiger partial charge in [-0.15, -0.1) is 0 Å². The lowest BCUT2D eigenvalue weighted by atomic mass is 9.78. The van der Waals surface area contributed by atoms with E-state index in [1.807, 2.05) is 0 Å². The second kappa shape index (κ2) is 4.78. The molecule has 0 radical (unpaired) electrons. The van der Waals surface area contributed by atoms with Crippen LogP contribution in [0.5, 0.6) is 0 Å². The molecule has 3 nitrogen and oxygen atoms in total. The highest BCUT2D eigenvalue weighted by molar-refractivity contribution is 5.77. The molecule has 82 valence electrons. The Kier molecular flexibility index (Phi) is 3.93. The van der Waals surface area contributed by atoms with Gasteiger partial charge < -0.3 is 10.6 Å². The van der Waals surface area contributed by atoms with Gasteiger partial charge in [-0.3, -0.25) is 4.79 Å². The first-order valence-corrected chi connectivity index (χ1v) is 5.56. The zero-order valence-electron chi connectivity index (χ0n) is 9.52. The molecule has 0 atom stereocenters. The number of hydrogen-bond donors (Lipinski definition) is 2. The van der Waals surface area contributed by atoms with Crippen LogP contribution in [-0.2, 0) is 4.79 Å². The molecule has 1 rings (SSSR count). The van der Waals surface area contributed by atoms with E-state index in [1.54, 1.807) is 0 Å². The molecule has 0 spiro atoms. The fourth-order valence-electron chi connectivity index (χ4n) is 1.71. The molecule has 3 heteroatoms. The fraction of sp³-hybridized carbons (Fsp3) is 0.909. The smallest absolute Gasteiger partial charge is 0.221 e. The van der Waals surface area contributed by atoms with Crippen LogP contribution in [0.4, 0.5) is 0 Å². The van der Waals surface area contributed by atoms with E-state index in [-0.39, 0.29) is 11.4 Å². The number of hydrogen-bond acceptors (Lipinski definition) is 2. The first kappa shape index (κ1) is 11.5. The van der Waals surface area contributed by atoms with Crippen molar-refractivity contribution in [3.8, 4) is 0 Å². The molecule has 0 unspecified atom stereocenters. The third kappa shape index (κ3) is 3.66. The zero-order chi connectivity index (χ0) is 10.6. The lowest BCUT2D eigenvalue weighted by Crippen LogP contribution is -2.51. The van der Waals surface area contributed by atoms with Crippen molar-refractivity contribution < 1.29 is 4.79 Å². The van der Waals surface area contributed by atoms with Crippen LogP contribution in [-0.4, -0.2) is 24.0 Å². The maximum atomic E-state index is 11.5. The third-order valence-corrected chi connectivity index (χ3v) is 2.80. The van der Waals surface area contributed by atoms with Crippen LogP contribution in [0.3, 0.4) is 0 Å². The number of carbonyl (C=O) groups is 1. The van der Waals surface area contributed by atoms with E-state index >= 15 is 0 Å². The molecule has 1 aliphatic carbocycles. The molecule has 1 aliphatic rings. The van der Waals surface area contributed by atoms with Crippen molar-refractivity contribution in [2.45, 2.75) is 58.0 Å². The van der Waals surface area contributed by atoms with Gasteiger partial charge in [-0.05, 0) is 26.2 Å². The monoisotopic (exact) mass is 198 g/mol. The Morgan fingerprint density at radius 1 is 1.43 bits per heavy atom. The van der Waals surface area contributed by atoms with Gasteiger partial charge in [0.1, 0.15) is 0 Å². The van der Waals surface area contributed by atoms with Crippen LogP contribution in [0.25, 0.3) is 0 Å². The molecule has 0 bridgehead atoms. The predicted molar refractivity (Wildman–Crippen MR) is 58.2 cm³/mol. The standard InChI is InChI=1S/C11H22N2O/c1-9(2)12-8-5-10(14)13-11(3)6-4-7-11/h9,12H,4-8H2,1-3H3,(H,13,14). The number of nitrogens with one attached hydrogen (secondary N) is 2. The Balaban J connectivity index is 2.10.